The lowest BCUT2D eigenvalue weighted by molar-refractivity contribution is 0.561. The highest BCUT2D eigenvalue weighted by Crippen LogP contribution is 2.29. The second-order valence-corrected chi connectivity index (χ2v) is 5.40. The number of hydrogen-bond donors (Lipinski definition) is 1. The van der Waals surface area contributed by atoms with Crippen LogP contribution in [0.3, 0.4) is 0 Å². The van der Waals surface area contributed by atoms with E-state index in [0.717, 1.165) is 17.8 Å². The van der Waals surface area contributed by atoms with Crippen molar-refractivity contribution in [1.82, 2.24) is 0 Å². The van der Waals surface area contributed by atoms with Gasteiger partial charge in [-0.2, -0.15) is 0 Å². The Hall–Kier alpha value is -1.87. The lowest BCUT2D eigenvalue weighted by Gasteiger charge is -2.33. The maximum Gasteiger partial charge on any atom is 0.128 e. The van der Waals surface area contributed by atoms with E-state index in [0.29, 0.717) is 12.1 Å². The summed E-state index contributed by atoms with van der Waals surface area (Å²) in [6.45, 7) is 7.25. The van der Waals surface area contributed by atoms with Crippen LogP contribution in [0.5, 0.6) is 0 Å². The number of nitrogens with two attached hydrogens (primary N) is 1. The summed E-state index contributed by atoms with van der Waals surface area (Å²) in [6, 6.07) is 13.3. The normalized spacial score (nSPS) is 12.2. The number of anilines is 1. The molecule has 0 aromatic heterocycles. The van der Waals surface area contributed by atoms with Gasteiger partial charge < -0.3 is 10.6 Å². The van der Waals surface area contributed by atoms with E-state index in [9.17, 15) is 4.39 Å². The number of hydrogen-bond acceptors (Lipinski definition) is 2. The molecule has 0 bridgehead atoms. The molecule has 21 heavy (non-hydrogen) atoms. The van der Waals surface area contributed by atoms with Crippen LogP contribution in [0.15, 0.2) is 42.5 Å². The molecule has 3 heteroatoms. The average Bonchev–Trinajstić information content (AvgIpc) is 2.47. The van der Waals surface area contributed by atoms with E-state index >= 15 is 0 Å². The third kappa shape index (κ3) is 3.42. The number of nitrogens with zero attached hydrogens (tertiary/aromatic N) is 1. The fourth-order valence-electron chi connectivity index (χ4n) is 2.73. The largest absolute Gasteiger partial charge is 0.363 e. The second kappa shape index (κ2) is 6.72. The van der Waals surface area contributed by atoms with Gasteiger partial charge in [0.2, 0.25) is 0 Å². The highest BCUT2D eigenvalue weighted by atomic mass is 19.1. The van der Waals surface area contributed by atoms with Crippen molar-refractivity contribution in [3.05, 3.63) is 65.0 Å². The van der Waals surface area contributed by atoms with Crippen LogP contribution in [-0.2, 0) is 0 Å². The van der Waals surface area contributed by atoms with Crippen LogP contribution in [0.4, 0.5) is 10.1 Å². The standard InChI is InChI=1S/C18H23FN2/c1-4-21(15-7-5-6-13(2)10-15)18(12-20)16-11-14(3)8-9-17(16)19/h5-11,18H,4,12,20H2,1-3H3. The molecule has 0 fully saturated rings. The van der Waals surface area contributed by atoms with Gasteiger partial charge in [0.15, 0.2) is 0 Å². The molecule has 0 saturated heterocycles. The maximum absolute atomic E-state index is 14.2. The number of aryl methyl sites for hydroxylation is 2. The fourth-order valence-corrected chi connectivity index (χ4v) is 2.73. The first kappa shape index (κ1) is 15.5. The van der Waals surface area contributed by atoms with Crippen molar-refractivity contribution in [3.63, 3.8) is 0 Å². The predicted octanol–water partition coefficient (Wildman–Crippen LogP) is 3.97. The van der Waals surface area contributed by atoms with Gasteiger partial charge >= 0.3 is 0 Å². The smallest absolute Gasteiger partial charge is 0.128 e. The van der Waals surface area contributed by atoms with E-state index < -0.39 is 0 Å². The topological polar surface area (TPSA) is 29.3 Å². The molecule has 0 heterocycles. The molecule has 0 aliphatic heterocycles. The van der Waals surface area contributed by atoms with Crippen molar-refractivity contribution < 1.29 is 4.39 Å². The average molecular weight is 286 g/mol. The van der Waals surface area contributed by atoms with Gasteiger partial charge in [0.05, 0.1) is 6.04 Å². The minimum absolute atomic E-state index is 0.156. The summed E-state index contributed by atoms with van der Waals surface area (Å²) in [5.41, 5.74) is 9.95. The van der Waals surface area contributed by atoms with Gasteiger partial charge in [0.1, 0.15) is 5.82 Å². The molecule has 1 atom stereocenters. The van der Waals surface area contributed by atoms with Crippen LogP contribution < -0.4 is 10.6 Å². The summed E-state index contributed by atoms with van der Waals surface area (Å²) in [7, 11) is 0. The van der Waals surface area contributed by atoms with Crippen LogP contribution in [0.1, 0.15) is 29.7 Å². The van der Waals surface area contributed by atoms with E-state index in [-0.39, 0.29) is 11.9 Å². The third-order valence-corrected chi connectivity index (χ3v) is 3.78. The lowest BCUT2D eigenvalue weighted by atomic mass is 10.0. The van der Waals surface area contributed by atoms with Crippen molar-refractivity contribution in [2.24, 2.45) is 5.73 Å². The van der Waals surface area contributed by atoms with Crippen molar-refractivity contribution in [3.8, 4) is 0 Å². The summed E-state index contributed by atoms with van der Waals surface area (Å²) < 4.78 is 14.2. The summed E-state index contributed by atoms with van der Waals surface area (Å²) in [5.74, 6) is -0.192. The van der Waals surface area contributed by atoms with Crippen LogP contribution in [-0.4, -0.2) is 13.1 Å². The number of benzene rings is 2. The van der Waals surface area contributed by atoms with Crippen LogP contribution in [0.2, 0.25) is 0 Å². The summed E-state index contributed by atoms with van der Waals surface area (Å²) >= 11 is 0. The molecule has 2 aromatic rings. The molecule has 1 unspecified atom stereocenters. The van der Waals surface area contributed by atoms with Gasteiger partial charge in [-0.25, -0.2) is 4.39 Å². The molecule has 112 valence electrons. The van der Waals surface area contributed by atoms with Crippen molar-refractivity contribution in [2.45, 2.75) is 26.8 Å². The molecule has 2 N–H and O–H groups in total. The molecule has 0 aliphatic rings. The Labute approximate surface area is 126 Å². The van der Waals surface area contributed by atoms with Crippen LogP contribution in [0.25, 0.3) is 0 Å². The van der Waals surface area contributed by atoms with Gasteiger partial charge in [-0.05, 0) is 44.5 Å². The van der Waals surface area contributed by atoms with E-state index in [2.05, 4.69) is 30.9 Å². The van der Waals surface area contributed by atoms with Crippen molar-refractivity contribution in [1.29, 1.82) is 0 Å². The highest BCUT2D eigenvalue weighted by Gasteiger charge is 2.21. The van der Waals surface area contributed by atoms with E-state index in [1.54, 1.807) is 6.07 Å². The molecule has 0 radical (unpaired) electrons. The molecular formula is C18H23FN2. The van der Waals surface area contributed by atoms with Crippen molar-refractivity contribution in [2.75, 3.05) is 18.0 Å². The Morgan fingerprint density at radius 1 is 1.10 bits per heavy atom. The minimum atomic E-state index is -0.192. The van der Waals surface area contributed by atoms with Gasteiger partial charge in [0, 0.05) is 24.3 Å². The Morgan fingerprint density at radius 2 is 1.81 bits per heavy atom. The second-order valence-electron chi connectivity index (χ2n) is 5.40. The first-order chi connectivity index (χ1) is 10.1. The lowest BCUT2D eigenvalue weighted by Crippen LogP contribution is -2.34. The van der Waals surface area contributed by atoms with Gasteiger partial charge in [-0.1, -0.05) is 29.8 Å². The fraction of sp³-hybridized carbons (Fsp3) is 0.333. The van der Waals surface area contributed by atoms with Gasteiger partial charge in [0.25, 0.3) is 0 Å². The Balaban J connectivity index is 2.44. The molecule has 0 aliphatic carbocycles. The minimum Gasteiger partial charge on any atom is -0.363 e. The summed E-state index contributed by atoms with van der Waals surface area (Å²) in [5, 5.41) is 0. The highest BCUT2D eigenvalue weighted by molar-refractivity contribution is 5.51. The van der Waals surface area contributed by atoms with E-state index in [1.807, 2.05) is 25.1 Å². The number of halogens is 1. The summed E-state index contributed by atoms with van der Waals surface area (Å²) in [6.07, 6.45) is 0. The number of likely N-dealkylation sites (N-methyl/N-ethyl adjacent to an activating group) is 1. The molecular weight excluding hydrogens is 263 g/mol. The molecule has 0 spiro atoms. The first-order valence-corrected chi connectivity index (χ1v) is 7.36. The molecule has 2 nitrogen and oxygen atoms in total. The number of rotatable bonds is 5. The summed E-state index contributed by atoms with van der Waals surface area (Å²) in [4.78, 5) is 2.16. The Kier molecular flexibility index (Phi) is 4.97. The Morgan fingerprint density at radius 3 is 2.43 bits per heavy atom. The zero-order valence-corrected chi connectivity index (χ0v) is 12.9. The Bertz CT molecular complexity index is 610. The zero-order valence-electron chi connectivity index (χ0n) is 12.9. The quantitative estimate of drug-likeness (QED) is 0.901. The van der Waals surface area contributed by atoms with Crippen LogP contribution in [0, 0.1) is 19.7 Å². The monoisotopic (exact) mass is 286 g/mol. The van der Waals surface area contributed by atoms with E-state index in [4.69, 9.17) is 5.73 Å². The van der Waals surface area contributed by atoms with E-state index in [1.165, 1.54) is 11.6 Å². The molecule has 2 aromatic carbocycles. The molecule has 0 amide bonds. The zero-order chi connectivity index (χ0) is 15.4. The third-order valence-electron chi connectivity index (χ3n) is 3.78. The van der Waals surface area contributed by atoms with Gasteiger partial charge in [-0.15, -0.1) is 0 Å². The molecule has 2 rings (SSSR count). The van der Waals surface area contributed by atoms with Crippen LogP contribution >= 0.6 is 0 Å². The van der Waals surface area contributed by atoms with Gasteiger partial charge in [-0.3, -0.25) is 0 Å². The first-order valence-electron chi connectivity index (χ1n) is 7.36. The SMILES string of the molecule is CCN(c1cccc(C)c1)C(CN)c1cc(C)ccc1F. The maximum atomic E-state index is 14.2. The predicted molar refractivity (Wildman–Crippen MR) is 87.1 cm³/mol. The van der Waals surface area contributed by atoms with Crippen molar-refractivity contribution >= 4 is 5.69 Å². The molecule has 0 saturated carbocycles.